The third kappa shape index (κ3) is 3.42. The highest BCUT2D eigenvalue weighted by atomic mass is 16.5. The number of phenolic OH excluding ortho intramolecular Hbond substituents is 1. The Morgan fingerprint density at radius 2 is 1.57 bits per heavy atom. The number of methoxy groups -OCH3 is 3. The van der Waals surface area contributed by atoms with Gasteiger partial charge in [-0.05, 0) is 24.3 Å². The van der Waals surface area contributed by atoms with E-state index in [1.54, 1.807) is 44.6 Å². The van der Waals surface area contributed by atoms with E-state index in [1.807, 2.05) is 0 Å². The van der Waals surface area contributed by atoms with Crippen LogP contribution in [0.1, 0.15) is 0 Å². The molecule has 0 saturated carbocycles. The summed E-state index contributed by atoms with van der Waals surface area (Å²) in [6.45, 7) is 0. The van der Waals surface area contributed by atoms with Crippen molar-refractivity contribution in [1.29, 1.82) is 0 Å². The summed E-state index contributed by atoms with van der Waals surface area (Å²) in [5.74, 6) is 1.64. The van der Waals surface area contributed by atoms with E-state index >= 15 is 0 Å². The first-order chi connectivity index (χ1) is 10.2. The minimum Gasteiger partial charge on any atom is -0.504 e. The SMILES string of the molecule is COc1ccc(OC)c(N=Nc2ccc(O)c(OC)c2)c1. The normalized spacial score (nSPS) is 10.6. The van der Waals surface area contributed by atoms with Gasteiger partial charge in [0.2, 0.25) is 0 Å². The van der Waals surface area contributed by atoms with Crippen LogP contribution in [0.2, 0.25) is 0 Å². The number of aromatic hydroxyl groups is 1. The minimum atomic E-state index is 0.0513. The molecule has 2 aromatic rings. The molecule has 6 nitrogen and oxygen atoms in total. The summed E-state index contributed by atoms with van der Waals surface area (Å²) in [5, 5.41) is 17.8. The van der Waals surface area contributed by atoms with Crippen molar-refractivity contribution in [3.05, 3.63) is 36.4 Å². The number of azo groups is 1. The molecule has 0 heterocycles. The summed E-state index contributed by atoms with van der Waals surface area (Å²) >= 11 is 0. The lowest BCUT2D eigenvalue weighted by molar-refractivity contribution is 0.373. The predicted molar refractivity (Wildman–Crippen MR) is 78.4 cm³/mol. The topological polar surface area (TPSA) is 72.6 Å². The maximum Gasteiger partial charge on any atom is 0.162 e. The number of hydrogen-bond acceptors (Lipinski definition) is 6. The van der Waals surface area contributed by atoms with Gasteiger partial charge in [0.15, 0.2) is 11.5 Å². The molecule has 0 bridgehead atoms. The van der Waals surface area contributed by atoms with E-state index < -0.39 is 0 Å². The zero-order chi connectivity index (χ0) is 15.2. The number of ether oxygens (including phenoxy) is 3. The van der Waals surface area contributed by atoms with E-state index in [-0.39, 0.29) is 5.75 Å². The van der Waals surface area contributed by atoms with Crippen molar-refractivity contribution in [1.82, 2.24) is 0 Å². The zero-order valence-corrected chi connectivity index (χ0v) is 12.0. The molecule has 21 heavy (non-hydrogen) atoms. The summed E-state index contributed by atoms with van der Waals surface area (Å²) in [4.78, 5) is 0. The largest absolute Gasteiger partial charge is 0.504 e. The average molecular weight is 288 g/mol. The van der Waals surface area contributed by atoms with Gasteiger partial charge in [0.05, 0.1) is 27.0 Å². The molecule has 2 aromatic carbocycles. The maximum absolute atomic E-state index is 9.54. The number of nitrogens with zero attached hydrogens (tertiary/aromatic N) is 2. The van der Waals surface area contributed by atoms with E-state index in [0.717, 1.165) is 0 Å². The molecular formula is C15H16N2O4. The summed E-state index contributed by atoms with van der Waals surface area (Å²) in [6, 6.07) is 9.97. The second-order valence-corrected chi connectivity index (χ2v) is 4.09. The van der Waals surface area contributed by atoms with E-state index in [2.05, 4.69) is 10.2 Å². The third-order valence-electron chi connectivity index (χ3n) is 2.82. The molecule has 0 amide bonds. The van der Waals surface area contributed by atoms with Gasteiger partial charge in [-0.15, -0.1) is 5.11 Å². The van der Waals surface area contributed by atoms with Gasteiger partial charge in [-0.1, -0.05) is 0 Å². The van der Waals surface area contributed by atoms with Gasteiger partial charge in [-0.25, -0.2) is 0 Å². The summed E-state index contributed by atoms with van der Waals surface area (Å²) in [5.41, 5.74) is 1.10. The maximum atomic E-state index is 9.54. The molecule has 0 unspecified atom stereocenters. The Morgan fingerprint density at radius 1 is 0.810 bits per heavy atom. The smallest absolute Gasteiger partial charge is 0.162 e. The Kier molecular flexibility index (Phi) is 4.61. The highest BCUT2D eigenvalue weighted by Gasteiger charge is 2.05. The van der Waals surface area contributed by atoms with Gasteiger partial charge in [0.1, 0.15) is 17.2 Å². The van der Waals surface area contributed by atoms with Gasteiger partial charge in [0.25, 0.3) is 0 Å². The van der Waals surface area contributed by atoms with Crippen molar-refractivity contribution in [3.8, 4) is 23.0 Å². The Balaban J connectivity index is 2.32. The van der Waals surface area contributed by atoms with Crippen LogP contribution in [-0.2, 0) is 0 Å². The molecule has 2 rings (SSSR count). The minimum absolute atomic E-state index is 0.0513. The Morgan fingerprint density at radius 3 is 2.24 bits per heavy atom. The fourth-order valence-electron chi connectivity index (χ4n) is 1.72. The molecule has 6 heteroatoms. The van der Waals surface area contributed by atoms with Crippen molar-refractivity contribution in [2.45, 2.75) is 0 Å². The van der Waals surface area contributed by atoms with Crippen molar-refractivity contribution in [2.24, 2.45) is 10.2 Å². The molecule has 0 aliphatic carbocycles. The van der Waals surface area contributed by atoms with Gasteiger partial charge in [-0.2, -0.15) is 5.11 Å². The number of hydrogen-bond donors (Lipinski definition) is 1. The molecule has 0 radical (unpaired) electrons. The zero-order valence-electron chi connectivity index (χ0n) is 12.0. The fourth-order valence-corrected chi connectivity index (χ4v) is 1.72. The van der Waals surface area contributed by atoms with Crippen LogP contribution in [-0.4, -0.2) is 26.4 Å². The molecule has 0 aliphatic rings. The molecule has 0 atom stereocenters. The second kappa shape index (κ2) is 6.60. The highest BCUT2D eigenvalue weighted by molar-refractivity contribution is 5.56. The lowest BCUT2D eigenvalue weighted by atomic mass is 10.3. The molecule has 0 saturated heterocycles. The molecule has 0 spiro atoms. The van der Waals surface area contributed by atoms with Crippen LogP contribution < -0.4 is 14.2 Å². The van der Waals surface area contributed by atoms with Crippen LogP contribution in [0.25, 0.3) is 0 Å². The van der Waals surface area contributed by atoms with Gasteiger partial charge in [0, 0.05) is 12.1 Å². The molecule has 0 fully saturated rings. The lowest BCUT2D eigenvalue weighted by Gasteiger charge is -2.06. The molecule has 0 aromatic heterocycles. The summed E-state index contributed by atoms with van der Waals surface area (Å²) < 4.78 is 15.4. The first-order valence-electron chi connectivity index (χ1n) is 6.18. The Bertz CT molecular complexity index is 656. The second-order valence-electron chi connectivity index (χ2n) is 4.09. The van der Waals surface area contributed by atoms with Crippen molar-refractivity contribution < 1.29 is 19.3 Å². The fraction of sp³-hybridized carbons (Fsp3) is 0.200. The number of rotatable bonds is 5. The van der Waals surface area contributed by atoms with Crippen LogP contribution >= 0.6 is 0 Å². The first kappa shape index (κ1) is 14.6. The molecule has 110 valence electrons. The van der Waals surface area contributed by atoms with E-state index in [1.165, 1.54) is 13.2 Å². The molecule has 1 N–H and O–H groups in total. The van der Waals surface area contributed by atoms with Gasteiger partial charge in [-0.3, -0.25) is 0 Å². The van der Waals surface area contributed by atoms with Crippen LogP contribution in [0.4, 0.5) is 11.4 Å². The van der Waals surface area contributed by atoms with Crippen molar-refractivity contribution in [3.63, 3.8) is 0 Å². The number of phenols is 1. The van der Waals surface area contributed by atoms with Crippen LogP contribution in [0.5, 0.6) is 23.0 Å². The highest BCUT2D eigenvalue weighted by Crippen LogP contribution is 2.34. The first-order valence-corrected chi connectivity index (χ1v) is 6.18. The summed E-state index contributed by atoms with van der Waals surface area (Å²) in [7, 11) is 4.61. The molecule has 0 aliphatic heterocycles. The molecular weight excluding hydrogens is 272 g/mol. The Hall–Kier alpha value is -2.76. The van der Waals surface area contributed by atoms with Crippen molar-refractivity contribution in [2.75, 3.05) is 21.3 Å². The summed E-state index contributed by atoms with van der Waals surface area (Å²) in [6.07, 6.45) is 0. The van der Waals surface area contributed by atoms with Crippen LogP contribution in [0.15, 0.2) is 46.6 Å². The Labute approximate surface area is 122 Å². The van der Waals surface area contributed by atoms with Crippen LogP contribution in [0.3, 0.4) is 0 Å². The standard InChI is InChI=1S/C15H16N2O4/c1-19-11-5-7-14(20-2)12(9-11)17-16-10-4-6-13(18)15(8-10)21-3/h4-9,18H,1-3H3. The quantitative estimate of drug-likeness (QED) is 0.848. The monoisotopic (exact) mass is 288 g/mol. The predicted octanol–water partition coefficient (Wildman–Crippen LogP) is 3.83. The third-order valence-corrected chi connectivity index (χ3v) is 2.82. The van der Waals surface area contributed by atoms with Crippen LogP contribution in [0, 0.1) is 0 Å². The van der Waals surface area contributed by atoms with Gasteiger partial charge >= 0.3 is 0 Å². The van der Waals surface area contributed by atoms with Crippen molar-refractivity contribution >= 4 is 11.4 Å². The van der Waals surface area contributed by atoms with E-state index in [9.17, 15) is 5.11 Å². The number of benzene rings is 2. The lowest BCUT2D eigenvalue weighted by Crippen LogP contribution is -1.86. The van der Waals surface area contributed by atoms with Gasteiger partial charge < -0.3 is 19.3 Å². The van der Waals surface area contributed by atoms with E-state index in [4.69, 9.17) is 14.2 Å². The van der Waals surface area contributed by atoms with E-state index in [0.29, 0.717) is 28.6 Å². The average Bonchev–Trinajstić information content (AvgIpc) is 2.53.